The van der Waals surface area contributed by atoms with E-state index < -0.39 is 0 Å². The van der Waals surface area contributed by atoms with Crippen LogP contribution in [0, 0.1) is 5.41 Å². The molecule has 2 amide bonds. The molecule has 10 heteroatoms. The fraction of sp³-hybridized carbons (Fsp3) is 0.625. The van der Waals surface area contributed by atoms with Gasteiger partial charge in [0.05, 0.1) is 5.52 Å². The first kappa shape index (κ1) is 28.8. The number of halogens is 2. The van der Waals surface area contributed by atoms with Crippen molar-refractivity contribution < 1.29 is 15.1 Å². The number of piperidine rings is 1. The van der Waals surface area contributed by atoms with E-state index in [1.165, 1.54) is 23.2 Å². The second kappa shape index (κ2) is 12.5. The summed E-state index contributed by atoms with van der Waals surface area (Å²) in [5.41, 5.74) is 1.10. The summed E-state index contributed by atoms with van der Waals surface area (Å²) in [6.45, 7) is 5.79. The second-order valence-corrected chi connectivity index (χ2v) is 10.3. The van der Waals surface area contributed by atoms with Gasteiger partial charge in [-0.15, -0.1) is 24.8 Å². The van der Waals surface area contributed by atoms with E-state index >= 15 is 0 Å². The Morgan fingerprint density at radius 2 is 1.50 bits per heavy atom. The van der Waals surface area contributed by atoms with Gasteiger partial charge >= 0.3 is 0 Å². The summed E-state index contributed by atoms with van der Waals surface area (Å²) in [6.07, 6.45) is 7.58. The SMILES string of the molecule is Cl.Cl.O.O=C1CC2(CCCC2)CC(=O)N1CCCCN1CCN(c2snc3ccccc23)CC1. The second-order valence-electron chi connectivity index (χ2n) is 9.54. The highest BCUT2D eigenvalue weighted by Crippen LogP contribution is 2.46. The lowest BCUT2D eigenvalue weighted by atomic mass is 9.76. The fourth-order valence-corrected chi connectivity index (χ4v) is 6.56. The van der Waals surface area contributed by atoms with Crippen molar-refractivity contribution in [3.63, 3.8) is 0 Å². The van der Waals surface area contributed by atoms with Gasteiger partial charge in [0.15, 0.2) is 0 Å². The van der Waals surface area contributed by atoms with E-state index in [0.29, 0.717) is 19.4 Å². The Labute approximate surface area is 218 Å². The Bertz CT molecular complexity index is 939. The van der Waals surface area contributed by atoms with E-state index in [1.807, 2.05) is 6.07 Å². The van der Waals surface area contributed by atoms with Crippen LogP contribution in [-0.2, 0) is 9.59 Å². The molecule has 2 aromatic rings. The van der Waals surface area contributed by atoms with E-state index in [4.69, 9.17) is 0 Å². The van der Waals surface area contributed by atoms with Crippen molar-refractivity contribution >= 4 is 64.1 Å². The lowest BCUT2D eigenvalue weighted by molar-refractivity contribution is -0.153. The molecule has 7 nitrogen and oxygen atoms in total. The molecular formula is C24H36Cl2N4O3S. The highest BCUT2D eigenvalue weighted by molar-refractivity contribution is 7.11. The summed E-state index contributed by atoms with van der Waals surface area (Å²) in [5.74, 6) is 0.145. The number of rotatable bonds is 6. The van der Waals surface area contributed by atoms with E-state index in [9.17, 15) is 9.59 Å². The number of benzene rings is 1. The zero-order valence-corrected chi connectivity index (χ0v) is 22.0. The van der Waals surface area contributed by atoms with Crippen molar-refractivity contribution in [1.82, 2.24) is 14.2 Å². The summed E-state index contributed by atoms with van der Waals surface area (Å²) in [7, 11) is 0. The van der Waals surface area contributed by atoms with Crippen LogP contribution in [0.25, 0.3) is 10.9 Å². The number of imide groups is 1. The standard InChI is InChI=1S/C24H32N4O2S.2ClH.H2O/c29-21-17-24(9-3-4-10-24)18-22(30)28(21)12-6-5-11-26-13-15-27(16-14-26)23-19-7-1-2-8-20(19)25-31-23;;;/h1-2,7-8H,3-6,9-18H2;2*1H;1H2. The number of carbonyl (C=O) groups is 2. The Kier molecular flexibility index (Phi) is 10.6. The molecule has 0 radical (unpaired) electrons. The molecule has 2 N–H and O–H groups in total. The first-order valence-electron chi connectivity index (χ1n) is 11.8. The number of likely N-dealkylation sites (tertiary alicyclic amines) is 1. The molecule has 1 aromatic heterocycles. The number of amides is 2. The van der Waals surface area contributed by atoms with Gasteiger partial charge in [-0.3, -0.25) is 19.4 Å². The summed E-state index contributed by atoms with van der Waals surface area (Å²) in [4.78, 5) is 31.7. The number of carbonyl (C=O) groups excluding carboxylic acids is 2. The van der Waals surface area contributed by atoms with Crippen LogP contribution in [0.5, 0.6) is 0 Å². The third-order valence-electron chi connectivity index (χ3n) is 7.45. The number of aromatic nitrogens is 1. The molecule has 1 spiro atoms. The molecule has 3 aliphatic rings. The van der Waals surface area contributed by atoms with Gasteiger partial charge in [0, 0.05) is 51.0 Å². The third-order valence-corrected chi connectivity index (χ3v) is 8.39. The van der Waals surface area contributed by atoms with Gasteiger partial charge in [-0.05, 0) is 61.3 Å². The number of piperazine rings is 1. The van der Waals surface area contributed by atoms with Crippen molar-refractivity contribution in [2.75, 3.05) is 44.2 Å². The number of fused-ring (bicyclic) bond motifs is 1. The highest BCUT2D eigenvalue weighted by atomic mass is 35.5. The van der Waals surface area contributed by atoms with Crippen molar-refractivity contribution in [2.24, 2.45) is 5.41 Å². The first-order valence-corrected chi connectivity index (χ1v) is 12.6. The first-order chi connectivity index (χ1) is 15.1. The molecule has 0 unspecified atom stereocenters. The molecule has 2 saturated heterocycles. The van der Waals surface area contributed by atoms with E-state index in [0.717, 1.165) is 63.9 Å². The molecule has 190 valence electrons. The molecule has 3 heterocycles. The molecular weight excluding hydrogens is 495 g/mol. The zero-order valence-electron chi connectivity index (χ0n) is 19.5. The van der Waals surface area contributed by atoms with Crippen LogP contribution < -0.4 is 4.90 Å². The zero-order chi connectivity index (χ0) is 21.3. The Morgan fingerprint density at radius 3 is 2.18 bits per heavy atom. The maximum absolute atomic E-state index is 12.6. The number of hydrogen-bond donors (Lipinski definition) is 0. The van der Waals surface area contributed by atoms with Crippen LogP contribution in [-0.4, -0.2) is 70.7 Å². The maximum Gasteiger partial charge on any atom is 0.229 e. The van der Waals surface area contributed by atoms with Gasteiger partial charge in [0.2, 0.25) is 11.8 Å². The van der Waals surface area contributed by atoms with E-state index in [1.54, 1.807) is 16.4 Å². The van der Waals surface area contributed by atoms with Gasteiger partial charge in [-0.25, -0.2) is 0 Å². The largest absolute Gasteiger partial charge is 0.412 e. The fourth-order valence-electron chi connectivity index (χ4n) is 5.65. The molecule has 1 aromatic carbocycles. The quantitative estimate of drug-likeness (QED) is 0.417. The smallest absolute Gasteiger partial charge is 0.229 e. The van der Waals surface area contributed by atoms with Crippen LogP contribution in [0.2, 0.25) is 0 Å². The van der Waals surface area contributed by atoms with E-state index in [2.05, 4.69) is 32.4 Å². The molecule has 3 fully saturated rings. The average molecular weight is 532 g/mol. The van der Waals surface area contributed by atoms with Crippen LogP contribution in [0.15, 0.2) is 24.3 Å². The molecule has 34 heavy (non-hydrogen) atoms. The monoisotopic (exact) mass is 530 g/mol. The molecule has 1 saturated carbocycles. The lowest BCUT2D eigenvalue weighted by Gasteiger charge is -2.37. The number of unbranched alkanes of at least 4 members (excludes halogenated alkanes) is 1. The van der Waals surface area contributed by atoms with Crippen LogP contribution in [0.3, 0.4) is 0 Å². The highest BCUT2D eigenvalue weighted by Gasteiger charge is 2.44. The van der Waals surface area contributed by atoms with E-state index in [-0.39, 0.29) is 47.5 Å². The number of nitrogens with zero attached hydrogens (tertiary/aromatic N) is 4. The van der Waals surface area contributed by atoms with Gasteiger partial charge in [0.25, 0.3) is 0 Å². The van der Waals surface area contributed by atoms with Crippen LogP contribution >= 0.6 is 36.3 Å². The van der Waals surface area contributed by atoms with Crippen LogP contribution in [0.4, 0.5) is 5.00 Å². The van der Waals surface area contributed by atoms with Gasteiger partial charge in [-0.2, -0.15) is 4.37 Å². The Balaban J connectivity index is 0.00000136. The van der Waals surface area contributed by atoms with Crippen molar-refractivity contribution in [2.45, 2.75) is 51.4 Å². The number of hydrogen-bond acceptors (Lipinski definition) is 6. The van der Waals surface area contributed by atoms with Crippen LogP contribution in [0.1, 0.15) is 51.4 Å². The summed E-state index contributed by atoms with van der Waals surface area (Å²) in [5, 5.41) is 2.55. The molecule has 1 aliphatic carbocycles. The minimum atomic E-state index is 0. The van der Waals surface area contributed by atoms with Gasteiger partial charge in [-0.1, -0.05) is 25.0 Å². The minimum Gasteiger partial charge on any atom is -0.412 e. The molecule has 0 bridgehead atoms. The third kappa shape index (κ3) is 6.02. The summed E-state index contributed by atoms with van der Waals surface area (Å²) < 4.78 is 4.58. The predicted molar refractivity (Wildman–Crippen MR) is 142 cm³/mol. The lowest BCUT2D eigenvalue weighted by Crippen LogP contribution is -2.48. The molecule has 2 aliphatic heterocycles. The predicted octanol–water partition coefficient (Wildman–Crippen LogP) is 3.93. The Morgan fingerprint density at radius 1 is 0.882 bits per heavy atom. The normalized spacial score (nSPS) is 20.2. The van der Waals surface area contributed by atoms with Crippen molar-refractivity contribution in [3.8, 4) is 0 Å². The summed E-state index contributed by atoms with van der Waals surface area (Å²) >= 11 is 1.60. The Hall–Kier alpha value is -1.45. The average Bonchev–Trinajstić information content (AvgIpc) is 3.40. The number of anilines is 1. The topological polar surface area (TPSA) is 88.2 Å². The minimum absolute atomic E-state index is 0. The summed E-state index contributed by atoms with van der Waals surface area (Å²) in [6, 6.07) is 8.37. The maximum atomic E-state index is 12.6. The molecule has 5 rings (SSSR count). The van der Waals surface area contributed by atoms with Gasteiger partial charge < -0.3 is 10.4 Å². The van der Waals surface area contributed by atoms with Gasteiger partial charge in [0.1, 0.15) is 5.00 Å². The van der Waals surface area contributed by atoms with Crippen molar-refractivity contribution in [3.05, 3.63) is 24.3 Å². The van der Waals surface area contributed by atoms with Crippen molar-refractivity contribution in [1.29, 1.82) is 0 Å². The molecule has 0 atom stereocenters.